The molecule has 1 saturated heterocycles. The van der Waals surface area contributed by atoms with Crippen molar-refractivity contribution in [3.63, 3.8) is 0 Å². The van der Waals surface area contributed by atoms with Gasteiger partial charge in [0.05, 0.1) is 6.20 Å². The van der Waals surface area contributed by atoms with E-state index in [2.05, 4.69) is 16.3 Å². The average molecular weight is 324 g/mol. The summed E-state index contributed by atoms with van der Waals surface area (Å²) in [5.41, 5.74) is 3.10. The third-order valence-electron chi connectivity index (χ3n) is 4.68. The molecule has 4 rings (SSSR count). The predicted octanol–water partition coefficient (Wildman–Crippen LogP) is 1.64. The Kier molecular flexibility index (Phi) is 3.76. The maximum Gasteiger partial charge on any atom is 0.244 e. The molecule has 3 aromatic heterocycles. The lowest BCUT2D eigenvalue weighted by molar-refractivity contribution is -0.133. The van der Waals surface area contributed by atoms with Crippen LogP contribution in [0.1, 0.15) is 30.1 Å². The summed E-state index contributed by atoms with van der Waals surface area (Å²) in [4.78, 5) is 19.0. The number of aromatic nitrogens is 5. The summed E-state index contributed by atoms with van der Waals surface area (Å²) in [6.07, 6.45) is 7.18. The van der Waals surface area contributed by atoms with Crippen LogP contribution in [0.3, 0.4) is 0 Å². The molecule has 0 aliphatic carbocycles. The van der Waals surface area contributed by atoms with Gasteiger partial charge in [0.2, 0.25) is 5.91 Å². The van der Waals surface area contributed by atoms with Gasteiger partial charge in [0.15, 0.2) is 5.65 Å². The van der Waals surface area contributed by atoms with Gasteiger partial charge in [0.1, 0.15) is 6.54 Å². The first kappa shape index (κ1) is 14.9. The van der Waals surface area contributed by atoms with Gasteiger partial charge in [0.25, 0.3) is 0 Å². The Balaban J connectivity index is 1.42. The molecular weight excluding hydrogens is 304 g/mol. The van der Waals surface area contributed by atoms with Crippen LogP contribution in [0.5, 0.6) is 0 Å². The Bertz CT molecular complexity index is 845. The minimum absolute atomic E-state index is 0.132. The van der Waals surface area contributed by atoms with Crippen LogP contribution in [-0.4, -0.2) is 48.3 Å². The smallest absolute Gasteiger partial charge is 0.244 e. The van der Waals surface area contributed by atoms with Crippen molar-refractivity contribution in [3.8, 4) is 0 Å². The number of amides is 1. The molecule has 24 heavy (non-hydrogen) atoms. The fourth-order valence-corrected chi connectivity index (χ4v) is 3.36. The molecule has 0 radical (unpaired) electrons. The quantitative estimate of drug-likeness (QED) is 0.734. The second kappa shape index (κ2) is 6.07. The number of piperidine rings is 1. The maximum absolute atomic E-state index is 12.3. The van der Waals surface area contributed by atoms with Gasteiger partial charge < -0.3 is 4.90 Å². The van der Waals surface area contributed by atoms with Crippen LogP contribution >= 0.6 is 0 Å². The molecule has 1 aliphatic rings. The van der Waals surface area contributed by atoms with Crippen molar-refractivity contribution >= 4 is 11.6 Å². The van der Waals surface area contributed by atoms with Crippen molar-refractivity contribution in [2.75, 3.05) is 13.1 Å². The summed E-state index contributed by atoms with van der Waals surface area (Å²) in [6.45, 7) is 3.91. The summed E-state index contributed by atoms with van der Waals surface area (Å²) in [5.74, 6) is 0.532. The highest BCUT2D eigenvalue weighted by Gasteiger charge is 2.25. The predicted molar refractivity (Wildman–Crippen MR) is 88.5 cm³/mol. The van der Waals surface area contributed by atoms with E-state index in [9.17, 15) is 4.79 Å². The van der Waals surface area contributed by atoms with Crippen LogP contribution in [0.4, 0.5) is 0 Å². The molecule has 1 amide bonds. The molecule has 0 N–H and O–H groups in total. The fourth-order valence-electron chi connectivity index (χ4n) is 3.36. The van der Waals surface area contributed by atoms with Crippen LogP contribution < -0.4 is 0 Å². The molecule has 4 heterocycles. The van der Waals surface area contributed by atoms with E-state index < -0.39 is 0 Å². The summed E-state index contributed by atoms with van der Waals surface area (Å²) >= 11 is 0. The van der Waals surface area contributed by atoms with Crippen LogP contribution in [0.15, 0.2) is 36.8 Å². The zero-order valence-electron chi connectivity index (χ0n) is 13.7. The number of carbonyl (C=O) groups excluding carboxylic acids is 1. The van der Waals surface area contributed by atoms with Gasteiger partial charge in [-0.25, -0.2) is 9.50 Å². The molecule has 0 saturated carbocycles. The Morgan fingerprint density at radius 2 is 2.08 bits per heavy atom. The van der Waals surface area contributed by atoms with Gasteiger partial charge >= 0.3 is 0 Å². The highest BCUT2D eigenvalue weighted by atomic mass is 16.2. The number of likely N-dealkylation sites (tertiary alicyclic amines) is 1. The van der Waals surface area contributed by atoms with Crippen molar-refractivity contribution in [1.82, 2.24) is 29.3 Å². The van der Waals surface area contributed by atoms with Gasteiger partial charge in [-0.3, -0.25) is 9.48 Å². The molecule has 0 aromatic carbocycles. The average Bonchev–Trinajstić information content (AvgIpc) is 3.26. The third kappa shape index (κ3) is 2.77. The van der Waals surface area contributed by atoms with Crippen molar-refractivity contribution in [2.45, 2.75) is 32.2 Å². The number of aryl methyl sites for hydroxylation is 1. The Morgan fingerprint density at radius 3 is 2.83 bits per heavy atom. The molecule has 7 heteroatoms. The molecule has 124 valence electrons. The zero-order valence-corrected chi connectivity index (χ0v) is 13.7. The van der Waals surface area contributed by atoms with Crippen molar-refractivity contribution in [2.24, 2.45) is 0 Å². The molecule has 3 aromatic rings. The minimum atomic E-state index is 0.132. The molecule has 7 nitrogen and oxygen atoms in total. The maximum atomic E-state index is 12.3. The number of rotatable bonds is 3. The number of fused-ring (bicyclic) bond motifs is 1. The standard InChI is InChI=1S/C17H20N6O/c1-13-11-15(20-16-3-7-19-23(13)16)14-4-9-21(10-5-14)17(24)12-22-8-2-6-18-22/h2-3,6-8,11,14H,4-5,9-10,12H2,1H3. The molecular formula is C17H20N6O. The SMILES string of the molecule is Cc1cc(C2CCN(C(=O)Cn3cccn3)CC2)nc2ccnn12. The molecule has 0 unspecified atom stereocenters. The van der Waals surface area contributed by atoms with E-state index >= 15 is 0 Å². The van der Waals surface area contributed by atoms with E-state index in [0.717, 1.165) is 43.0 Å². The highest BCUT2D eigenvalue weighted by Crippen LogP contribution is 2.27. The van der Waals surface area contributed by atoms with Gasteiger partial charge in [-0.2, -0.15) is 10.2 Å². The summed E-state index contributed by atoms with van der Waals surface area (Å²) < 4.78 is 3.53. The molecule has 0 atom stereocenters. The lowest BCUT2D eigenvalue weighted by Crippen LogP contribution is -2.40. The molecule has 1 fully saturated rings. The number of nitrogens with zero attached hydrogens (tertiary/aromatic N) is 6. The van der Waals surface area contributed by atoms with Gasteiger partial charge in [0, 0.05) is 48.9 Å². The van der Waals surface area contributed by atoms with E-state index in [-0.39, 0.29) is 5.91 Å². The molecule has 0 bridgehead atoms. The first-order valence-electron chi connectivity index (χ1n) is 8.27. The molecule has 0 spiro atoms. The van der Waals surface area contributed by atoms with E-state index in [4.69, 9.17) is 4.98 Å². The Hall–Kier alpha value is -2.70. The fraction of sp³-hybridized carbons (Fsp3) is 0.412. The van der Waals surface area contributed by atoms with Gasteiger partial charge in [-0.15, -0.1) is 0 Å². The van der Waals surface area contributed by atoms with Crippen molar-refractivity contribution in [1.29, 1.82) is 0 Å². The second-order valence-electron chi connectivity index (χ2n) is 6.28. The zero-order chi connectivity index (χ0) is 16.5. The Labute approximate surface area is 139 Å². The normalized spacial score (nSPS) is 16.0. The van der Waals surface area contributed by atoms with Crippen LogP contribution in [0.25, 0.3) is 5.65 Å². The van der Waals surface area contributed by atoms with E-state index in [1.165, 1.54) is 0 Å². The largest absolute Gasteiger partial charge is 0.341 e. The second-order valence-corrected chi connectivity index (χ2v) is 6.28. The number of carbonyl (C=O) groups is 1. The number of hydrogen-bond donors (Lipinski definition) is 0. The third-order valence-corrected chi connectivity index (χ3v) is 4.68. The van der Waals surface area contributed by atoms with Crippen molar-refractivity contribution in [3.05, 3.63) is 48.2 Å². The topological polar surface area (TPSA) is 68.3 Å². The number of hydrogen-bond acceptors (Lipinski definition) is 4. The van der Waals surface area contributed by atoms with Gasteiger partial charge in [-0.1, -0.05) is 0 Å². The molecule has 1 aliphatic heterocycles. The summed E-state index contributed by atoms with van der Waals surface area (Å²) in [6, 6.07) is 5.88. The van der Waals surface area contributed by atoms with Crippen LogP contribution in [-0.2, 0) is 11.3 Å². The van der Waals surface area contributed by atoms with E-state index in [0.29, 0.717) is 12.5 Å². The Morgan fingerprint density at radius 1 is 1.25 bits per heavy atom. The van der Waals surface area contributed by atoms with E-state index in [1.54, 1.807) is 17.1 Å². The first-order valence-corrected chi connectivity index (χ1v) is 8.27. The first-order chi connectivity index (χ1) is 11.7. The minimum Gasteiger partial charge on any atom is -0.341 e. The van der Waals surface area contributed by atoms with E-state index in [1.807, 2.05) is 34.7 Å². The van der Waals surface area contributed by atoms with Gasteiger partial charge in [-0.05, 0) is 31.9 Å². The summed E-state index contributed by atoms with van der Waals surface area (Å²) in [5, 5.41) is 8.37. The van der Waals surface area contributed by atoms with Crippen LogP contribution in [0, 0.1) is 6.92 Å². The van der Waals surface area contributed by atoms with Crippen LogP contribution in [0.2, 0.25) is 0 Å². The lowest BCUT2D eigenvalue weighted by Gasteiger charge is -2.32. The highest BCUT2D eigenvalue weighted by molar-refractivity contribution is 5.76. The lowest BCUT2D eigenvalue weighted by atomic mass is 9.93. The monoisotopic (exact) mass is 324 g/mol. The van der Waals surface area contributed by atoms with Crippen molar-refractivity contribution < 1.29 is 4.79 Å². The summed E-state index contributed by atoms with van der Waals surface area (Å²) in [7, 11) is 0.